The Balaban J connectivity index is 2.23. The Morgan fingerprint density at radius 2 is 2.06 bits per heavy atom. The molecule has 1 fully saturated rings. The summed E-state index contributed by atoms with van der Waals surface area (Å²) in [6.45, 7) is 2.33. The second-order valence-electron chi connectivity index (χ2n) is 4.64. The standard InChI is InChI=1S/C13H15BrCl2/c1-8-3-2-4-10(8)13(14)11-6-5-9(15)7-12(11)16/h5-8,10,13H,2-4H2,1H3. The minimum atomic E-state index is 0.356. The first-order chi connectivity index (χ1) is 7.59. The molecular weight excluding hydrogens is 307 g/mol. The predicted molar refractivity (Wildman–Crippen MR) is 74.6 cm³/mol. The van der Waals surface area contributed by atoms with E-state index in [0.29, 0.717) is 15.8 Å². The lowest BCUT2D eigenvalue weighted by Gasteiger charge is -2.23. The van der Waals surface area contributed by atoms with Gasteiger partial charge in [-0.2, -0.15) is 0 Å². The minimum absolute atomic E-state index is 0.356. The highest BCUT2D eigenvalue weighted by Gasteiger charge is 2.31. The predicted octanol–water partition coefficient (Wildman–Crippen LogP) is 5.87. The van der Waals surface area contributed by atoms with E-state index in [4.69, 9.17) is 23.2 Å². The van der Waals surface area contributed by atoms with Gasteiger partial charge in [0.25, 0.3) is 0 Å². The minimum Gasteiger partial charge on any atom is -0.0843 e. The monoisotopic (exact) mass is 320 g/mol. The van der Waals surface area contributed by atoms with Gasteiger partial charge in [0.15, 0.2) is 0 Å². The van der Waals surface area contributed by atoms with Gasteiger partial charge in [-0.1, -0.05) is 65.0 Å². The zero-order chi connectivity index (χ0) is 11.7. The van der Waals surface area contributed by atoms with Crippen molar-refractivity contribution in [3.8, 4) is 0 Å². The molecule has 1 aliphatic carbocycles. The lowest BCUT2D eigenvalue weighted by atomic mass is 9.91. The van der Waals surface area contributed by atoms with Crippen molar-refractivity contribution in [3.05, 3.63) is 33.8 Å². The summed E-state index contributed by atoms with van der Waals surface area (Å²) in [6, 6.07) is 5.78. The molecule has 0 nitrogen and oxygen atoms in total. The van der Waals surface area contributed by atoms with E-state index < -0.39 is 0 Å². The summed E-state index contributed by atoms with van der Waals surface area (Å²) in [7, 11) is 0. The fraction of sp³-hybridized carbons (Fsp3) is 0.538. The Bertz CT molecular complexity index is 378. The molecule has 1 aliphatic rings. The quantitative estimate of drug-likeness (QED) is 0.598. The van der Waals surface area contributed by atoms with E-state index in [1.807, 2.05) is 18.2 Å². The summed E-state index contributed by atoms with van der Waals surface area (Å²) in [6.07, 6.45) is 3.95. The first kappa shape index (κ1) is 12.7. The molecule has 0 aromatic heterocycles. The van der Waals surface area contributed by atoms with Crippen LogP contribution in [0.1, 0.15) is 36.6 Å². The molecule has 0 aliphatic heterocycles. The van der Waals surface area contributed by atoms with Crippen LogP contribution in [-0.2, 0) is 0 Å². The number of alkyl halides is 1. The molecule has 16 heavy (non-hydrogen) atoms. The van der Waals surface area contributed by atoms with E-state index in [1.54, 1.807) is 0 Å². The Morgan fingerprint density at radius 1 is 1.31 bits per heavy atom. The Kier molecular flexibility index (Phi) is 4.21. The van der Waals surface area contributed by atoms with Crippen LogP contribution in [0.15, 0.2) is 18.2 Å². The van der Waals surface area contributed by atoms with Crippen LogP contribution in [0.4, 0.5) is 0 Å². The molecule has 1 aromatic rings. The second kappa shape index (κ2) is 5.29. The van der Waals surface area contributed by atoms with Gasteiger partial charge in [-0.05, 0) is 36.0 Å². The number of benzene rings is 1. The maximum absolute atomic E-state index is 6.24. The molecule has 3 heteroatoms. The third-order valence-corrected chi connectivity index (χ3v) is 5.30. The van der Waals surface area contributed by atoms with Crippen molar-refractivity contribution >= 4 is 39.1 Å². The van der Waals surface area contributed by atoms with Crippen LogP contribution < -0.4 is 0 Å². The van der Waals surface area contributed by atoms with Crippen LogP contribution in [0, 0.1) is 11.8 Å². The van der Waals surface area contributed by atoms with Crippen molar-refractivity contribution < 1.29 is 0 Å². The Labute approximate surface area is 115 Å². The van der Waals surface area contributed by atoms with Crippen molar-refractivity contribution in [1.82, 2.24) is 0 Å². The SMILES string of the molecule is CC1CCCC1C(Br)c1ccc(Cl)cc1Cl. The van der Waals surface area contributed by atoms with Crippen LogP contribution in [-0.4, -0.2) is 0 Å². The lowest BCUT2D eigenvalue weighted by molar-refractivity contribution is 0.414. The highest BCUT2D eigenvalue weighted by Crippen LogP contribution is 2.46. The van der Waals surface area contributed by atoms with Crippen LogP contribution >= 0.6 is 39.1 Å². The summed E-state index contributed by atoms with van der Waals surface area (Å²) >= 11 is 15.9. The van der Waals surface area contributed by atoms with Crippen molar-refractivity contribution in [2.45, 2.75) is 31.0 Å². The highest BCUT2D eigenvalue weighted by atomic mass is 79.9. The zero-order valence-corrected chi connectivity index (χ0v) is 12.3. The summed E-state index contributed by atoms with van der Waals surface area (Å²) in [5.41, 5.74) is 1.17. The third kappa shape index (κ3) is 2.57. The largest absolute Gasteiger partial charge is 0.0843 e. The van der Waals surface area contributed by atoms with E-state index in [1.165, 1.54) is 24.8 Å². The maximum atomic E-state index is 6.24. The van der Waals surface area contributed by atoms with Gasteiger partial charge < -0.3 is 0 Å². The lowest BCUT2D eigenvalue weighted by Crippen LogP contribution is -2.10. The average Bonchev–Trinajstić information content (AvgIpc) is 2.63. The van der Waals surface area contributed by atoms with Gasteiger partial charge >= 0.3 is 0 Å². The molecular formula is C13H15BrCl2. The van der Waals surface area contributed by atoms with Gasteiger partial charge in [0, 0.05) is 14.9 Å². The normalized spacial score (nSPS) is 27.0. The average molecular weight is 322 g/mol. The molecule has 0 bridgehead atoms. The van der Waals surface area contributed by atoms with Gasteiger partial charge in [0.05, 0.1) is 0 Å². The number of rotatable bonds is 2. The van der Waals surface area contributed by atoms with Crippen LogP contribution in [0.25, 0.3) is 0 Å². The number of hydrogen-bond acceptors (Lipinski definition) is 0. The molecule has 1 saturated carbocycles. The number of halogens is 3. The fourth-order valence-corrected chi connectivity index (χ4v) is 4.41. The second-order valence-corrected chi connectivity index (χ2v) is 6.47. The van der Waals surface area contributed by atoms with Crippen molar-refractivity contribution in [2.75, 3.05) is 0 Å². The summed E-state index contributed by atoms with van der Waals surface area (Å²) in [5, 5.41) is 1.47. The Hall–Kier alpha value is 0.280. The molecule has 0 saturated heterocycles. The van der Waals surface area contributed by atoms with E-state index in [9.17, 15) is 0 Å². The molecule has 0 spiro atoms. The highest BCUT2D eigenvalue weighted by molar-refractivity contribution is 9.09. The van der Waals surface area contributed by atoms with Crippen LogP contribution in [0.2, 0.25) is 10.0 Å². The smallest absolute Gasteiger partial charge is 0.0464 e. The Morgan fingerprint density at radius 3 is 2.62 bits per heavy atom. The molecule has 2 rings (SSSR count). The molecule has 0 N–H and O–H groups in total. The van der Waals surface area contributed by atoms with Crippen molar-refractivity contribution in [1.29, 1.82) is 0 Å². The summed E-state index contributed by atoms with van der Waals surface area (Å²) in [4.78, 5) is 0.356. The van der Waals surface area contributed by atoms with Crippen molar-refractivity contribution in [2.24, 2.45) is 11.8 Å². The summed E-state index contributed by atoms with van der Waals surface area (Å²) in [5.74, 6) is 1.47. The zero-order valence-electron chi connectivity index (χ0n) is 9.22. The third-order valence-electron chi connectivity index (χ3n) is 3.56. The molecule has 3 unspecified atom stereocenters. The summed E-state index contributed by atoms with van der Waals surface area (Å²) < 4.78 is 0. The molecule has 0 amide bonds. The van der Waals surface area contributed by atoms with E-state index >= 15 is 0 Å². The van der Waals surface area contributed by atoms with Gasteiger partial charge in [-0.15, -0.1) is 0 Å². The van der Waals surface area contributed by atoms with Crippen LogP contribution in [0.3, 0.4) is 0 Å². The molecule has 0 radical (unpaired) electrons. The van der Waals surface area contributed by atoms with E-state index in [2.05, 4.69) is 22.9 Å². The molecule has 1 aromatic carbocycles. The van der Waals surface area contributed by atoms with Gasteiger partial charge in [-0.3, -0.25) is 0 Å². The topological polar surface area (TPSA) is 0 Å². The molecule has 3 atom stereocenters. The van der Waals surface area contributed by atoms with E-state index in [0.717, 1.165) is 10.9 Å². The molecule has 0 heterocycles. The number of hydrogen-bond donors (Lipinski definition) is 0. The fourth-order valence-electron chi connectivity index (χ4n) is 2.56. The van der Waals surface area contributed by atoms with Crippen LogP contribution in [0.5, 0.6) is 0 Å². The van der Waals surface area contributed by atoms with Gasteiger partial charge in [-0.25, -0.2) is 0 Å². The van der Waals surface area contributed by atoms with Gasteiger partial charge in [0.1, 0.15) is 0 Å². The van der Waals surface area contributed by atoms with Crippen molar-refractivity contribution in [3.63, 3.8) is 0 Å². The first-order valence-electron chi connectivity index (χ1n) is 5.68. The molecule has 88 valence electrons. The first-order valence-corrected chi connectivity index (χ1v) is 7.36. The van der Waals surface area contributed by atoms with E-state index in [-0.39, 0.29) is 0 Å². The van der Waals surface area contributed by atoms with Gasteiger partial charge in [0.2, 0.25) is 0 Å². The maximum Gasteiger partial charge on any atom is 0.0464 e.